The minimum absolute atomic E-state index is 0.167. The molecule has 8 heteroatoms. The minimum atomic E-state index is -1.28. The summed E-state index contributed by atoms with van der Waals surface area (Å²) < 4.78 is 27.9. The Morgan fingerprint density at radius 1 is 1.04 bits per heavy atom. The first-order valence-electron chi connectivity index (χ1n) is 7.86. The van der Waals surface area contributed by atoms with Crippen molar-refractivity contribution in [3.63, 3.8) is 0 Å². The van der Waals surface area contributed by atoms with Crippen molar-refractivity contribution in [3.05, 3.63) is 53.4 Å². The molecule has 2 fully saturated rings. The molecule has 0 saturated carbocycles. The maximum atomic E-state index is 10.4. The fraction of sp³-hybridized carbons (Fsp3) is 0.412. The van der Waals surface area contributed by atoms with Gasteiger partial charge >= 0.3 is 0 Å². The monoisotopic (exact) mass is 368 g/mol. The summed E-state index contributed by atoms with van der Waals surface area (Å²) in [6.45, 7) is 0.167. The molecule has 2 aliphatic rings. The van der Waals surface area contributed by atoms with Gasteiger partial charge in [-0.15, -0.1) is 0 Å². The van der Waals surface area contributed by atoms with Crippen molar-refractivity contribution in [2.24, 2.45) is 0 Å². The number of furan rings is 1. The number of fused-ring (bicyclic) bond motifs is 1. The smallest absolute Gasteiger partial charge is 0.229 e. The van der Waals surface area contributed by atoms with Gasteiger partial charge < -0.3 is 33.6 Å². The highest BCUT2D eigenvalue weighted by atomic mass is 35.5. The lowest BCUT2D eigenvalue weighted by molar-refractivity contribution is -0.352. The van der Waals surface area contributed by atoms with Gasteiger partial charge in [-0.3, -0.25) is 0 Å². The number of hydrogen-bond donors (Lipinski definition) is 2. The van der Waals surface area contributed by atoms with Gasteiger partial charge in [0.25, 0.3) is 0 Å². The second kappa shape index (κ2) is 6.95. The van der Waals surface area contributed by atoms with Crippen molar-refractivity contribution >= 4 is 11.6 Å². The zero-order valence-corrected chi connectivity index (χ0v) is 13.8. The van der Waals surface area contributed by atoms with E-state index in [0.29, 0.717) is 16.5 Å². The van der Waals surface area contributed by atoms with Gasteiger partial charge in [-0.05, 0) is 36.4 Å². The molecule has 2 N–H and O–H groups in total. The summed E-state index contributed by atoms with van der Waals surface area (Å²) in [6.07, 6.45) is -4.12. The SMILES string of the molecule is OC1C(Oc2ccc(Cl)cc2)OC2COC(c3ccco3)OC2C1O. The molecule has 2 aliphatic heterocycles. The molecule has 4 rings (SSSR count). The van der Waals surface area contributed by atoms with Gasteiger partial charge in [0, 0.05) is 5.02 Å². The molecule has 7 nitrogen and oxygen atoms in total. The Hall–Kier alpha value is -1.61. The van der Waals surface area contributed by atoms with Crippen LogP contribution in [-0.2, 0) is 14.2 Å². The topological polar surface area (TPSA) is 90.5 Å². The average Bonchev–Trinajstić information content (AvgIpc) is 3.16. The predicted octanol–water partition coefficient (Wildman–Crippen LogP) is 1.87. The van der Waals surface area contributed by atoms with Gasteiger partial charge in [0.15, 0.2) is 5.76 Å². The van der Waals surface area contributed by atoms with Crippen molar-refractivity contribution in [1.82, 2.24) is 0 Å². The van der Waals surface area contributed by atoms with Crippen LogP contribution in [0.15, 0.2) is 47.1 Å². The van der Waals surface area contributed by atoms with Crippen LogP contribution in [0, 0.1) is 0 Å². The average molecular weight is 369 g/mol. The molecule has 1 aromatic carbocycles. The molecule has 0 spiro atoms. The number of aliphatic hydroxyl groups excluding tert-OH is 2. The Labute approximate surface area is 148 Å². The Morgan fingerprint density at radius 3 is 2.56 bits per heavy atom. The molecule has 3 heterocycles. The van der Waals surface area contributed by atoms with E-state index in [9.17, 15) is 10.2 Å². The summed E-state index contributed by atoms with van der Waals surface area (Å²) in [5.74, 6) is 0.949. The third kappa shape index (κ3) is 3.39. The van der Waals surface area contributed by atoms with Gasteiger partial charge in [-0.2, -0.15) is 0 Å². The van der Waals surface area contributed by atoms with E-state index < -0.39 is 37.0 Å². The van der Waals surface area contributed by atoms with Crippen LogP contribution in [-0.4, -0.2) is 47.5 Å². The highest BCUT2D eigenvalue weighted by molar-refractivity contribution is 6.30. The van der Waals surface area contributed by atoms with Crippen LogP contribution in [0.5, 0.6) is 5.75 Å². The molecule has 6 atom stereocenters. The number of hydrogen-bond acceptors (Lipinski definition) is 7. The van der Waals surface area contributed by atoms with Crippen molar-refractivity contribution < 1.29 is 33.6 Å². The molecule has 6 unspecified atom stereocenters. The fourth-order valence-electron chi connectivity index (χ4n) is 2.89. The normalized spacial score (nSPS) is 35.2. The molecule has 0 amide bonds. The molecule has 1 aromatic heterocycles. The molecule has 2 saturated heterocycles. The Bertz CT molecular complexity index is 688. The third-order valence-electron chi connectivity index (χ3n) is 4.17. The Kier molecular flexibility index (Phi) is 4.68. The first kappa shape index (κ1) is 16.8. The van der Waals surface area contributed by atoms with Crippen LogP contribution in [0.3, 0.4) is 0 Å². The summed E-state index contributed by atoms with van der Waals surface area (Å²) in [7, 11) is 0. The Morgan fingerprint density at radius 2 is 1.84 bits per heavy atom. The quantitative estimate of drug-likeness (QED) is 0.854. The number of rotatable bonds is 3. The lowest BCUT2D eigenvalue weighted by Crippen LogP contribution is -2.62. The van der Waals surface area contributed by atoms with E-state index in [1.54, 1.807) is 36.4 Å². The summed E-state index contributed by atoms with van der Waals surface area (Å²) in [4.78, 5) is 0. The number of ether oxygens (including phenoxy) is 4. The van der Waals surface area contributed by atoms with Gasteiger partial charge in [0.05, 0.1) is 12.9 Å². The second-order valence-corrected chi connectivity index (χ2v) is 6.31. The van der Waals surface area contributed by atoms with Crippen molar-refractivity contribution in [3.8, 4) is 5.75 Å². The van der Waals surface area contributed by atoms with Gasteiger partial charge in [0.1, 0.15) is 30.2 Å². The lowest BCUT2D eigenvalue weighted by Gasteiger charge is -2.45. The molecule has 0 aliphatic carbocycles. The maximum absolute atomic E-state index is 10.4. The van der Waals surface area contributed by atoms with E-state index in [2.05, 4.69) is 0 Å². The largest absolute Gasteiger partial charge is 0.464 e. The maximum Gasteiger partial charge on any atom is 0.229 e. The van der Waals surface area contributed by atoms with Crippen LogP contribution in [0.1, 0.15) is 12.1 Å². The van der Waals surface area contributed by atoms with Crippen LogP contribution in [0.25, 0.3) is 0 Å². The number of aliphatic hydroxyl groups is 2. The molecular formula is C17H17ClO7. The van der Waals surface area contributed by atoms with Crippen molar-refractivity contribution in [1.29, 1.82) is 0 Å². The molecule has 2 aromatic rings. The first-order chi connectivity index (χ1) is 12.1. The van der Waals surface area contributed by atoms with E-state index in [0.717, 1.165) is 0 Å². The van der Waals surface area contributed by atoms with E-state index in [1.807, 2.05) is 0 Å². The van der Waals surface area contributed by atoms with Crippen molar-refractivity contribution in [2.45, 2.75) is 37.0 Å². The zero-order chi connectivity index (χ0) is 17.4. The summed E-state index contributed by atoms with van der Waals surface area (Å²) >= 11 is 5.84. The van der Waals surface area contributed by atoms with Crippen LogP contribution < -0.4 is 4.74 Å². The molecule has 25 heavy (non-hydrogen) atoms. The zero-order valence-electron chi connectivity index (χ0n) is 13.0. The fourth-order valence-corrected chi connectivity index (χ4v) is 3.02. The molecule has 134 valence electrons. The summed E-state index contributed by atoms with van der Waals surface area (Å²) in [5, 5.41) is 21.3. The highest BCUT2D eigenvalue weighted by Crippen LogP contribution is 2.34. The molecular weight excluding hydrogens is 352 g/mol. The predicted molar refractivity (Wildman–Crippen MR) is 85.0 cm³/mol. The first-order valence-corrected chi connectivity index (χ1v) is 8.24. The molecule has 0 radical (unpaired) electrons. The molecule has 0 bridgehead atoms. The van der Waals surface area contributed by atoms with Gasteiger partial charge in [-0.25, -0.2) is 0 Å². The lowest BCUT2D eigenvalue weighted by atomic mass is 9.98. The van der Waals surface area contributed by atoms with E-state index in [1.165, 1.54) is 6.26 Å². The van der Waals surface area contributed by atoms with Crippen LogP contribution in [0.4, 0.5) is 0 Å². The van der Waals surface area contributed by atoms with Crippen LogP contribution >= 0.6 is 11.6 Å². The van der Waals surface area contributed by atoms with E-state index in [4.69, 9.17) is 35.0 Å². The highest BCUT2D eigenvalue weighted by Gasteiger charge is 2.50. The van der Waals surface area contributed by atoms with Gasteiger partial charge in [0.2, 0.25) is 12.6 Å². The van der Waals surface area contributed by atoms with Crippen LogP contribution in [0.2, 0.25) is 5.02 Å². The summed E-state index contributed by atoms with van der Waals surface area (Å²) in [5.41, 5.74) is 0. The van der Waals surface area contributed by atoms with E-state index >= 15 is 0 Å². The van der Waals surface area contributed by atoms with E-state index in [-0.39, 0.29) is 6.61 Å². The Balaban J connectivity index is 1.45. The van der Waals surface area contributed by atoms with Crippen molar-refractivity contribution in [2.75, 3.05) is 6.61 Å². The second-order valence-electron chi connectivity index (χ2n) is 5.88. The number of benzene rings is 1. The third-order valence-corrected chi connectivity index (χ3v) is 4.43. The minimum Gasteiger partial charge on any atom is -0.464 e. The standard InChI is InChI=1S/C17H17ClO7/c18-9-3-5-10(6-4-9)23-17-14(20)13(19)15-12(24-17)8-22-16(25-15)11-2-1-7-21-11/h1-7,12-17,19-20H,8H2. The summed E-state index contributed by atoms with van der Waals surface area (Å²) in [6, 6.07) is 10.0. The van der Waals surface area contributed by atoms with Gasteiger partial charge in [-0.1, -0.05) is 11.6 Å². The number of halogens is 1.